The van der Waals surface area contributed by atoms with E-state index in [1.54, 1.807) is 10.7 Å². The van der Waals surface area contributed by atoms with Crippen LogP contribution < -0.4 is 10.6 Å². The SMILES string of the molecule is Cc1ccc(-n2nc(C(C)(C)C)cc2NC(=O)CNC(=O)c2ccccc2F)c(C)c1. The standard InChI is InChI=1S/C24H27FN4O2/c1-15-10-11-19(16(2)12-15)29-21(13-20(28-29)24(3,4)5)27-22(30)14-26-23(31)17-8-6-7-9-18(17)25/h6-13H,14H2,1-5H3,(H,26,31)(H,27,30). The van der Waals surface area contributed by atoms with Gasteiger partial charge in [-0.15, -0.1) is 0 Å². The lowest BCUT2D eigenvalue weighted by molar-refractivity contribution is -0.115. The van der Waals surface area contributed by atoms with E-state index in [0.717, 1.165) is 22.5 Å². The maximum Gasteiger partial charge on any atom is 0.254 e. The van der Waals surface area contributed by atoms with Crippen LogP contribution in [0.2, 0.25) is 0 Å². The Morgan fingerprint density at radius 1 is 1.06 bits per heavy atom. The summed E-state index contributed by atoms with van der Waals surface area (Å²) in [5.41, 5.74) is 3.50. The van der Waals surface area contributed by atoms with E-state index >= 15 is 0 Å². The topological polar surface area (TPSA) is 76.0 Å². The number of aryl methyl sites for hydroxylation is 2. The molecule has 0 atom stereocenters. The van der Waals surface area contributed by atoms with E-state index in [4.69, 9.17) is 5.10 Å². The third kappa shape index (κ3) is 5.17. The lowest BCUT2D eigenvalue weighted by Crippen LogP contribution is -2.33. The van der Waals surface area contributed by atoms with Gasteiger partial charge in [0, 0.05) is 11.5 Å². The van der Waals surface area contributed by atoms with E-state index in [1.165, 1.54) is 18.2 Å². The Bertz CT molecular complexity index is 1130. The minimum absolute atomic E-state index is 0.106. The highest BCUT2D eigenvalue weighted by molar-refractivity contribution is 5.99. The van der Waals surface area contributed by atoms with Crippen molar-refractivity contribution in [3.63, 3.8) is 0 Å². The van der Waals surface area contributed by atoms with Crippen LogP contribution in [0.15, 0.2) is 48.5 Å². The Kier molecular flexibility index (Phi) is 6.24. The highest BCUT2D eigenvalue weighted by Gasteiger charge is 2.22. The van der Waals surface area contributed by atoms with Crippen LogP contribution in [0.25, 0.3) is 5.69 Å². The van der Waals surface area contributed by atoms with Gasteiger partial charge >= 0.3 is 0 Å². The van der Waals surface area contributed by atoms with Gasteiger partial charge in [0.1, 0.15) is 11.6 Å². The van der Waals surface area contributed by atoms with E-state index in [1.807, 2.05) is 58.9 Å². The first-order chi connectivity index (χ1) is 14.6. The number of nitrogens with zero attached hydrogens (tertiary/aromatic N) is 2. The highest BCUT2D eigenvalue weighted by atomic mass is 19.1. The summed E-state index contributed by atoms with van der Waals surface area (Å²) < 4.78 is 15.5. The lowest BCUT2D eigenvalue weighted by atomic mass is 9.92. The fourth-order valence-electron chi connectivity index (χ4n) is 3.15. The third-order valence-corrected chi connectivity index (χ3v) is 4.85. The Labute approximate surface area is 181 Å². The predicted molar refractivity (Wildman–Crippen MR) is 119 cm³/mol. The molecule has 2 N–H and O–H groups in total. The molecule has 31 heavy (non-hydrogen) atoms. The summed E-state index contributed by atoms with van der Waals surface area (Å²) in [7, 11) is 0. The average Bonchev–Trinajstić information content (AvgIpc) is 3.10. The Morgan fingerprint density at radius 2 is 1.77 bits per heavy atom. The molecule has 0 radical (unpaired) electrons. The predicted octanol–water partition coefficient (Wildman–Crippen LogP) is 4.29. The van der Waals surface area contributed by atoms with Crippen molar-refractivity contribution >= 4 is 17.6 Å². The molecule has 3 rings (SSSR count). The molecule has 162 valence electrons. The van der Waals surface area contributed by atoms with Crippen molar-refractivity contribution < 1.29 is 14.0 Å². The molecule has 0 fully saturated rings. The van der Waals surface area contributed by atoms with Crippen LogP contribution in [-0.2, 0) is 10.2 Å². The quantitative estimate of drug-likeness (QED) is 0.644. The first-order valence-electron chi connectivity index (χ1n) is 10.1. The lowest BCUT2D eigenvalue weighted by Gasteiger charge is -2.14. The second-order valence-corrected chi connectivity index (χ2v) is 8.58. The van der Waals surface area contributed by atoms with Crippen LogP contribution in [0.3, 0.4) is 0 Å². The summed E-state index contributed by atoms with van der Waals surface area (Å²) in [5, 5.41) is 9.99. The normalized spacial score (nSPS) is 11.3. The van der Waals surface area contributed by atoms with E-state index in [2.05, 4.69) is 10.6 Å². The molecule has 1 aromatic heterocycles. The molecule has 0 saturated heterocycles. The van der Waals surface area contributed by atoms with Gasteiger partial charge in [-0.3, -0.25) is 9.59 Å². The summed E-state index contributed by atoms with van der Waals surface area (Å²) >= 11 is 0. The van der Waals surface area contributed by atoms with E-state index in [-0.39, 0.29) is 17.5 Å². The van der Waals surface area contributed by atoms with Crippen molar-refractivity contribution in [3.8, 4) is 5.69 Å². The maximum atomic E-state index is 13.8. The molecule has 0 aliphatic heterocycles. The molecule has 0 unspecified atom stereocenters. The van der Waals surface area contributed by atoms with Gasteiger partial charge in [-0.2, -0.15) is 5.10 Å². The van der Waals surface area contributed by atoms with Crippen LogP contribution in [0, 0.1) is 19.7 Å². The highest BCUT2D eigenvalue weighted by Crippen LogP contribution is 2.27. The third-order valence-electron chi connectivity index (χ3n) is 4.85. The Morgan fingerprint density at radius 3 is 2.42 bits per heavy atom. The van der Waals surface area contributed by atoms with E-state index < -0.39 is 17.6 Å². The minimum Gasteiger partial charge on any atom is -0.343 e. The summed E-state index contributed by atoms with van der Waals surface area (Å²) in [4.78, 5) is 24.7. The average molecular weight is 423 g/mol. The molecule has 7 heteroatoms. The fourth-order valence-corrected chi connectivity index (χ4v) is 3.15. The second kappa shape index (κ2) is 8.71. The number of carbonyl (C=O) groups is 2. The maximum absolute atomic E-state index is 13.8. The summed E-state index contributed by atoms with van der Waals surface area (Å²) in [6, 6.07) is 13.5. The van der Waals surface area contributed by atoms with E-state index in [0.29, 0.717) is 5.82 Å². The number of nitrogens with one attached hydrogen (secondary N) is 2. The number of halogens is 1. The van der Waals surface area contributed by atoms with Crippen molar-refractivity contribution in [3.05, 3.63) is 76.7 Å². The van der Waals surface area contributed by atoms with Crippen molar-refractivity contribution in [2.45, 2.75) is 40.0 Å². The van der Waals surface area contributed by atoms with Crippen molar-refractivity contribution in [2.75, 3.05) is 11.9 Å². The Hall–Kier alpha value is -3.48. The van der Waals surface area contributed by atoms with Crippen LogP contribution >= 0.6 is 0 Å². The molecular weight excluding hydrogens is 395 g/mol. The number of hydrogen-bond donors (Lipinski definition) is 2. The van der Waals surface area contributed by atoms with Gasteiger partial charge in [0.05, 0.1) is 23.5 Å². The number of benzene rings is 2. The van der Waals surface area contributed by atoms with Crippen LogP contribution in [0.5, 0.6) is 0 Å². The fraction of sp³-hybridized carbons (Fsp3) is 0.292. The molecule has 1 heterocycles. The largest absolute Gasteiger partial charge is 0.343 e. The van der Waals surface area contributed by atoms with E-state index in [9.17, 15) is 14.0 Å². The van der Waals surface area contributed by atoms with Gasteiger partial charge in [-0.05, 0) is 37.6 Å². The van der Waals surface area contributed by atoms with Gasteiger partial charge in [-0.25, -0.2) is 9.07 Å². The zero-order valence-electron chi connectivity index (χ0n) is 18.4. The van der Waals surface area contributed by atoms with Crippen molar-refractivity contribution in [1.82, 2.24) is 15.1 Å². The minimum atomic E-state index is -0.647. The molecule has 0 saturated carbocycles. The Balaban J connectivity index is 1.81. The number of rotatable bonds is 5. The summed E-state index contributed by atoms with van der Waals surface area (Å²) in [5.74, 6) is -1.22. The molecule has 0 spiro atoms. The molecule has 0 aliphatic rings. The van der Waals surface area contributed by atoms with Gasteiger partial charge in [0.2, 0.25) is 5.91 Å². The summed E-state index contributed by atoms with van der Waals surface area (Å²) in [6.45, 7) is 9.84. The monoisotopic (exact) mass is 422 g/mol. The molecule has 0 aliphatic carbocycles. The van der Waals surface area contributed by atoms with Crippen LogP contribution in [0.1, 0.15) is 48.0 Å². The molecule has 6 nitrogen and oxygen atoms in total. The first-order valence-corrected chi connectivity index (χ1v) is 10.1. The van der Waals surface area contributed by atoms with Gasteiger partial charge < -0.3 is 10.6 Å². The molecule has 0 bridgehead atoms. The number of aromatic nitrogens is 2. The van der Waals surface area contributed by atoms with Gasteiger partial charge in [-0.1, -0.05) is 50.6 Å². The smallest absolute Gasteiger partial charge is 0.254 e. The van der Waals surface area contributed by atoms with Crippen LogP contribution in [0.4, 0.5) is 10.2 Å². The second-order valence-electron chi connectivity index (χ2n) is 8.58. The van der Waals surface area contributed by atoms with Crippen molar-refractivity contribution in [1.29, 1.82) is 0 Å². The number of carbonyl (C=O) groups excluding carboxylic acids is 2. The number of hydrogen-bond acceptors (Lipinski definition) is 3. The summed E-state index contributed by atoms with van der Waals surface area (Å²) in [6.07, 6.45) is 0. The number of amides is 2. The first kappa shape index (κ1) is 22.2. The molecular formula is C24H27FN4O2. The van der Waals surface area contributed by atoms with Crippen LogP contribution in [-0.4, -0.2) is 28.1 Å². The molecule has 2 amide bonds. The van der Waals surface area contributed by atoms with Gasteiger partial charge in [0.25, 0.3) is 5.91 Å². The zero-order valence-corrected chi connectivity index (χ0v) is 18.4. The molecule has 2 aromatic carbocycles. The zero-order chi connectivity index (χ0) is 22.8. The molecule has 3 aromatic rings. The van der Waals surface area contributed by atoms with Crippen molar-refractivity contribution in [2.24, 2.45) is 0 Å². The number of anilines is 1. The van der Waals surface area contributed by atoms with Gasteiger partial charge in [0.15, 0.2) is 0 Å².